The molecule has 0 saturated carbocycles. The molecule has 16 heavy (non-hydrogen) atoms. The second kappa shape index (κ2) is 5.63. The van der Waals surface area contributed by atoms with Crippen LogP contribution in [0.3, 0.4) is 0 Å². The first kappa shape index (κ1) is 11.9. The van der Waals surface area contributed by atoms with E-state index in [-0.39, 0.29) is 0 Å². The van der Waals surface area contributed by atoms with Crippen LogP contribution in [0.4, 0.5) is 0 Å². The molecule has 0 unspecified atom stereocenters. The Morgan fingerprint density at radius 2 is 2.31 bits per heavy atom. The Bertz CT molecular complexity index is 459. The maximum absolute atomic E-state index is 5.98. The van der Waals surface area contributed by atoms with Gasteiger partial charge in [-0.05, 0) is 30.7 Å². The SMILES string of the molecule is NCCc1ccc(Cl)cc1Sc1nncs1. The monoisotopic (exact) mass is 271 g/mol. The highest BCUT2D eigenvalue weighted by Gasteiger charge is 2.07. The summed E-state index contributed by atoms with van der Waals surface area (Å²) < 4.78 is 0.917. The van der Waals surface area contributed by atoms with Crippen molar-refractivity contribution < 1.29 is 0 Å². The number of hydrogen-bond acceptors (Lipinski definition) is 5. The van der Waals surface area contributed by atoms with Gasteiger partial charge in [-0.1, -0.05) is 40.8 Å². The van der Waals surface area contributed by atoms with Gasteiger partial charge in [0, 0.05) is 9.92 Å². The molecule has 6 heteroatoms. The van der Waals surface area contributed by atoms with E-state index in [1.807, 2.05) is 18.2 Å². The third-order valence-electron chi connectivity index (χ3n) is 1.98. The topological polar surface area (TPSA) is 51.8 Å². The second-order valence-corrected chi connectivity index (χ2v) is 5.66. The molecule has 0 radical (unpaired) electrons. The average Bonchev–Trinajstić information content (AvgIpc) is 2.75. The zero-order valence-corrected chi connectivity index (χ0v) is 10.8. The summed E-state index contributed by atoms with van der Waals surface area (Å²) >= 11 is 9.08. The predicted octanol–water partition coefficient (Wildman–Crippen LogP) is 2.84. The summed E-state index contributed by atoms with van der Waals surface area (Å²) in [6.45, 7) is 0.630. The molecule has 2 rings (SSSR count). The lowest BCUT2D eigenvalue weighted by atomic mass is 10.1. The van der Waals surface area contributed by atoms with Crippen molar-refractivity contribution >= 4 is 34.7 Å². The molecule has 84 valence electrons. The summed E-state index contributed by atoms with van der Waals surface area (Å²) in [7, 11) is 0. The second-order valence-electron chi connectivity index (χ2n) is 3.10. The van der Waals surface area contributed by atoms with Crippen LogP contribution < -0.4 is 5.73 Å². The van der Waals surface area contributed by atoms with Crippen molar-refractivity contribution in [1.29, 1.82) is 0 Å². The van der Waals surface area contributed by atoms with Crippen molar-refractivity contribution in [2.45, 2.75) is 15.7 Å². The number of hydrogen-bond donors (Lipinski definition) is 1. The number of nitrogens with zero attached hydrogens (tertiary/aromatic N) is 2. The molecule has 2 aromatic rings. The molecule has 0 aliphatic rings. The smallest absolute Gasteiger partial charge is 0.178 e. The normalized spacial score (nSPS) is 10.6. The molecule has 0 saturated heterocycles. The molecule has 0 aliphatic carbocycles. The third kappa shape index (κ3) is 2.95. The van der Waals surface area contributed by atoms with Gasteiger partial charge in [0.25, 0.3) is 0 Å². The molecule has 2 N–H and O–H groups in total. The number of halogens is 1. The summed E-state index contributed by atoms with van der Waals surface area (Å²) in [5.74, 6) is 0. The summed E-state index contributed by atoms with van der Waals surface area (Å²) in [5, 5.41) is 8.54. The lowest BCUT2D eigenvalue weighted by Crippen LogP contribution is -2.03. The van der Waals surface area contributed by atoms with Gasteiger partial charge < -0.3 is 5.73 Å². The van der Waals surface area contributed by atoms with E-state index < -0.39 is 0 Å². The number of nitrogens with two attached hydrogens (primary N) is 1. The molecule has 0 spiro atoms. The van der Waals surface area contributed by atoms with Crippen LogP contribution in [0.1, 0.15) is 5.56 Å². The van der Waals surface area contributed by atoms with Crippen LogP contribution in [0, 0.1) is 0 Å². The molecule has 0 bridgehead atoms. The van der Waals surface area contributed by atoms with Crippen LogP contribution in [0.2, 0.25) is 5.02 Å². The van der Waals surface area contributed by atoms with Crippen molar-refractivity contribution in [3.8, 4) is 0 Å². The summed E-state index contributed by atoms with van der Waals surface area (Å²) in [4.78, 5) is 1.11. The van der Waals surface area contributed by atoms with Gasteiger partial charge in [-0.3, -0.25) is 0 Å². The van der Waals surface area contributed by atoms with Gasteiger partial charge in [0.15, 0.2) is 4.34 Å². The van der Waals surface area contributed by atoms with Crippen molar-refractivity contribution in [2.75, 3.05) is 6.54 Å². The zero-order valence-electron chi connectivity index (χ0n) is 8.39. The highest BCUT2D eigenvalue weighted by Crippen LogP contribution is 2.33. The lowest BCUT2D eigenvalue weighted by molar-refractivity contribution is 0.943. The lowest BCUT2D eigenvalue weighted by Gasteiger charge is -2.06. The van der Waals surface area contributed by atoms with Gasteiger partial charge in [0.2, 0.25) is 0 Å². The zero-order chi connectivity index (χ0) is 11.4. The average molecular weight is 272 g/mol. The quantitative estimate of drug-likeness (QED) is 0.929. The van der Waals surface area contributed by atoms with Crippen LogP contribution in [0.5, 0.6) is 0 Å². The molecule has 0 atom stereocenters. The Hall–Kier alpha value is -0.620. The van der Waals surface area contributed by atoms with E-state index in [1.165, 1.54) is 16.9 Å². The van der Waals surface area contributed by atoms with E-state index in [1.54, 1.807) is 17.3 Å². The molecule has 0 amide bonds. The fourth-order valence-corrected chi connectivity index (χ4v) is 3.16. The van der Waals surface area contributed by atoms with E-state index >= 15 is 0 Å². The van der Waals surface area contributed by atoms with Gasteiger partial charge in [0.1, 0.15) is 5.51 Å². The molecule has 1 heterocycles. The largest absolute Gasteiger partial charge is 0.330 e. The van der Waals surface area contributed by atoms with Gasteiger partial charge in [0.05, 0.1) is 0 Å². The predicted molar refractivity (Wildman–Crippen MR) is 68.2 cm³/mol. The van der Waals surface area contributed by atoms with Crippen molar-refractivity contribution in [3.05, 3.63) is 34.3 Å². The summed E-state index contributed by atoms with van der Waals surface area (Å²) in [5.41, 5.74) is 8.49. The maximum Gasteiger partial charge on any atom is 0.178 e. The minimum atomic E-state index is 0.630. The molecule has 0 fully saturated rings. The van der Waals surface area contributed by atoms with E-state index in [0.29, 0.717) is 6.54 Å². The van der Waals surface area contributed by atoms with Crippen LogP contribution in [0.15, 0.2) is 32.9 Å². The van der Waals surface area contributed by atoms with Crippen LogP contribution in [0.25, 0.3) is 0 Å². The Balaban J connectivity index is 2.26. The Kier molecular flexibility index (Phi) is 4.17. The first-order chi connectivity index (χ1) is 7.79. The molecular weight excluding hydrogens is 262 g/mol. The minimum Gasteiger partial charge on any atom is -0.330 e. The van der Waals surface area contributed by atoms with Crippen molar-refractivity contribution in [1.82, 2.24) is 10.2 Å². The van der Waals surface area contributed by atoms with Crippen LogP contribution in [-0.2, 0) is 6.42 Å². The first-order valence-corrected chi connectivity index (χ1v) is 6.79. The van der Waals surface area contributed by atoms with Gasteiger partial charge >= 0.3 is 0 Å². The van der Waals surface area contributed by atoms with Crippen LogP contribution >= 0.6 is 34.7 Å². The number of aromatic nitrogens is 2. The Morgan fingerprint density at radius 3 is 3.00 bits per heavy atom. The third-order valence-corrected chi connectivity index (χ3v) is 4.09. The van der Waals surface area contributed by atoms with E-state index in [4.69, 9.17) is 17.3 Å². The van der Waals surface area contributed by atoms with E-state index in [9.17, 15) is 0 Å². The Labute approximate surface area is 107 Å². The van der Waals surface area contributed by atoms with Crippen molar-refractivity contribution in [2.24, 2.45) is 5.73 Å². The Morgan fingerprint density at radius 1 is 1.44 bits per heavy atom. The molecule has 1 aromatic heterocycles. The number of rotatable bonds is 4. The minimum absolute atomic E-state index is 0.630. The molecule has 3 nitrogen and oxygen atoms in total. The molecule has 0 aliphatic heterocycles. The molecule has 1 aromatic carbocycles. The van der Waals surface area contributed by atoms with Gasteiger partial charge in [-0.15, -0.1) is 10.2 Å². The van der Waals surface area contributed by atoms with Crippen LogP contribution in [-0.4, -0.2) is 16.7 Å². The van der Waals surface area contributed by atoms with E-state index in [0.717, 1.165) is 20.7 Å². The van der Waals surface area contributed by atoms with Gasteiger partial charge in [-0.2, -0.15) is 0 Å². The van der Waals surface area contributed by atoms with Crippen molar-refractivity contribution in [3.63, 3.8) is 0 Å². The summed E-state index contributed by atoms with van der Waals surface area (Å²) in [6.07, 6.45) is 0.846. The fourth-order valence-electron chi connectivity index (χ4n) is 1.29. The summed E-state index contributed by atoms with van der Waals surface area (Å²) in [6, 6.07) is 5.84. The first-order valence-electron chi connectivity index (χ1n) is 4.72. The fraction of sp³-hybridized carbons (Fsp3) is 0.200. The highest BCUT2D eigenvalue weighted by atomic mass is 35.5. The van der Waals surface area contributed by atoms with E-state index in [2.05, 4.69) is 10.2 Å². The molecular formula is C10H10ClN3S2. The maximum atomic E-state index is 5.98. The van der Waals surface area contributed by atoms with Gasteiger partial charge in [-0.25, -0.2) is 0 Å². The number of benzene rings is 1. The highest BCUT2D eigenvalue weighted by molar-refractivity contribution is 8.01. The standard InChI is InChI=1S/C10H10ClN3S2/c11-8-2-1-7(3-4-12)9(5-8)16-10-14-13-6-15-10/h1-2,5-6H,3-4,12H2.